The van der Waals surface area contributed by atoms with Crippen molar-refractivity contribution in [1.82, 2.24) is 31.1 Å². The summed E-state index contributed by atoms with van der Waals surface area (Å²) in [5.41, 5.74) is -1.38. The van der Waals surface area contributed by atoms with Crippen molar-refractivity contribution in [2.45, 2.75) is 135 Å². The minimum atomic E-state index is -1.65. The standard InChI is InChI=1S/C45H65N7O13/c1-7-26(2)16-14-12-10-8-9-11-13-15-17-37(55)50(5)35(25-53)43(60)47-27(3)41(58)46-24-38(56)51(6)39-30-18-19-36(54)31(23-30)32-20-29(22-34(40(32)57)52(64)65)21-33(45(62)63)49-42(59)28(4)48-44(39)61/h18-20,22-23,26-28,33,35,39,53-54,57H,7-17,21,24-25H2,1-6H3,(H,46,58)(H,47,60)(H,48,61)(H,49,59)(H,62,63)/t26?,27-,28+,33?,35-,39?/m1/s1. The Balaban J connectivity index is 1.70. The quantitative estimate of drug-likeness (QED) is 0.0479. The highest BCUT2D eigenvalue weighted by atomic mass is 16.6. The Kier molecular flexibility index (Phi) is 20.6. The number of aliphatic hydroxyl groups is 1. The van der Waals surface area contributed by atoms with Crippen LogP contribution >= 0.6 is 0 Å². The lowest BCUT2D eigenvalue weighted by atomic mass is 9.93. The van der Waals surface area contributed by atoms with E-state index in [0.29, 0.717) is 6.42 Å². The molecule has 20 nitrogen and oxygen atoms in total. The summed E-state index contributed by atoms with van der Waals surface area (Å²) in [6.07, 6.45) is 10.5. The van der Waals surface area contributed by atoms with Crippen molar-refractivity contribution < 1.29 is 58.9 Å². The number of nitrogens with one attached hydrogen (secondary N) is 4. The van der Waals surface area contributed by atoms with Crippen molar-refractivity contribution in [3.05, 3.63) is 51.6 Å². The molecule has 358 valence electrons. The second-order valence-corrected chi connectivity index (χ2v) is 16.8. The van der Waals surface area contributed by atoms with Crippen molar-refractivity contribution in [2.75, 3.05) is 27.2 Å². The van der Waals surface area contributed by atoms with Gasteiger partial charge in [0.25, 0.3) is 0 Å². The highest BCUT2D eigenvalue weighted by Gasteiger charge is 2.35. The number of aliphatic hydroxyl groups excluding tert-OH is 1. The maximum atomic E-state index is 13.9. The molecule has 3 unspecified atom stereocenters. The second kappa shape index (κ2) is 25.2. The van der Waals surface area contributed by atoms with Gasteiger partial charge in [0.2, 0.25) is 41.2 Å². The number of fused-ring (bicyclic) bond motifs is 5. The van der Waals surface area contributed by atoms with Crippen molar-refractivity contribution in [2.24, 2.45) is 5.92 Å². The van der Waals surface area contributed by atoms with E-state index >= 15 is 0 Å². The third kappa shape index (κ3) is 15.1. The number of carbonyl (C=O) groups is 7. The van der Waals surface area contributed by atoms with Crippen molar-refractivity contribution in [1.29, 1.82) is 0 Å². The average molecular weight is 912 g/mol. The number of aliphatic carboxylic acids is 1. The Morgan fingerprint density at radius 1 is 0.877 bits per heavy atom. The first-order valence-corrected chi connectivity index (χ1v) is 22.1. The SMILES string of the molecule is CCC(C)CCCCCCCCCCC(=O)N(C)[C@H](CO)C(=O)N[C@H](C)C(=O)NCC(=O)N(C)C1C(=O)N[C@@H](C)C(=O)NC(C(=O)O)Cc2cc(c(O)c([N+](=O)[O-])c2)-c2cc1ccc2O. The number of rotatable bonds is 22. The maximum Gasteiger partial charge on any atom is 0.326 e. The Labute approximate surface area is 378 Å². The zero-order valence-corrected chi connectivity index (χ0v) is 38.1. The molecule has 1 aliphatic heterocycles. The largest absolute Gasteiger partial charge is 0.507 e. The van der Waals surface area contributed by atoms with Crippen molar-refractivity contribution in [3.8, 4) is 22.6 Å². The molecule has 1 aliphatic rings. The number of hydrogen-bond donors (Lipinski definition) is 8. The number of nitrogens with zero attached hydrogens (tertiary/aromatic N) is 3. The lowest BCUT2D eigenvalue weighted by Crippen LogP contribution is -2.55. The van der Waals surface area contributed by atoms with E-state index in [1.165, 1.54) is 78.2 Å². The van der Waals surface area contributed by atoms with Gasteiger partial charge in [-0.1, -0.05) is 77.7 Å². The van der Waals surface area contributed by atoms with Crippen LogP contribution < -0.4 is 21.3 Å². The number of phenolic OH excluding ortho intramolecular Hbond substituents is 2. The van der Waals surface area contributed by atoms with Crippen LogP contribution in [0.25, 0.3) is 11.1 Å². The molecule has 0 aliphatic carbocycles. The van der Waals surface area contributed by atoms with Crippen molar-refractivity contribution in [3.63, 3.8) is 0 Å². The number of benzene rings is 2. The molecular formula is C45H65N7O13. The van der Waals surface area contributed by atoms with E-state index in [2.05, 4.69) is 35.1 Å². The van der Waals surface area contributed by atoms with Gasteiger partial charge in [-0.2, -0.15) is 0 Å². The molecule has 1 heterocycles. The van der Waals surface area contributed by atoms with Crippen LogP contribution in [0.1, 0.15) is 115 Å². The number of amides is 6. The van der Waals surface area contributed by atoms with Crippen LogP contribution in [-0.4, -0.2) is 128 Å². The topological polar surface area (TPSA) is 298 Å². The number of hydrogen-bond acceptors (Lipinski definition) is 12. The summed E-state index contributed by atoms with van der Waals surface area (Å²) in [5, 5.41) is 63.3. The number of unbranched alkanes of at least 4 members (excludes halogenated alkanes) is 7. The van der Waals surface area contributed by atoms with Gasteiger partial charge >= 0.3 is 11.7 Å². The highest BCUT2D eigenvalue weighted by molar-refractivity contribution is 5.96. The van der Waals surface area contributed by atoms with Crippen LogP contribution in [0.15, 0.2) is 30.3 Å². The summed E-state index contributed by atoms with van der Waals surface area (Å²) < 4.78 is 0. The molecular weight excluding hydrogens is 847 g/mol. The van der Waals surface area contributed by atoms with Crippen LogP contribution in [0.3, 0.4) is 0 Å². The fourth-order valence-electron chi connectivity index (χ4n) is 7.45. The lowest BCUT2D eigenvalue weighted by Gasteiger charge is -2.30. The summed E-state index contributed by atoms with van der Waals surface area (Å²) in [6.45, 7) is 5.62. The molecule has 65 heavy (non-hydrogen) atoms. The van der Waals surface area contributed by atoms with E-state index in [9.17, 15) is 64.1 Å². The first-order valence-electron chi connectivity index (χ1n) is 22.1. The number of carboxylic acids is 1. The molecule has 3 rings (SSSR count). The number of aromatic hydroxyl groups is 2. The van der Waals surface area contributed by atoms with Gasteiger partial charge in [0.1, 0.15) is 36.0 Å². The predicted octanol–water partition coefficient (Wildman–Crippen LogP) is 3.19. The minimum Gasteiger partial charge on any atom is -0.507 e. The van der Waals surface area contributed by atoms with E-state index in [4.69, 9.17) is 0 Å². The average Bonchev–Trinajstić information content (AvgIpc) is 3.26. The third-order valence-corrected chi connectivity index (χ3v) is 11.8. The van der Waals surface area contributed by atoms with Gasteiger partial charge < -0.3 is 51.5 Å². The highest BCUT2D eigenvalue weighted by Crippen LogP contribution is 2.43. The van der Waals surface area contributed by atoms with Crippen LogP contribution in [0.2, 0.25) is 0 Å². The lowest BCUT2D eigenvalue weighted by molar-refractivity contribution is -0.385. The van der Waals surface area contributed by atoms with E-state index in [1.807, 2.05) is 0 Å². The molecule has 8 N–H and O–H groups in total. The monoisotopic (exact) mass is 911 g/mol. The van der Waals surface area contributed by atoms with E-state index in [0.717, 1.165) is 53.5 Å². The van der Waals surface area contributed by atoms with E-state index in [-0.39, 0.29) is 34.6 Å². The van der Waals surface area contributed by atoms with Gasteiger partial charge in [-0.25, -0.2) is 4.79 Å². The van der Waals surface area contributed by atoms with Gasteiger partial charge in [-0.3, -0.25) is 38.9 Å². The first-order chi connectivity index (χ1) is 30.7. The Bertz CT molecular complexity index is 2050. The van der Waals surface area contributed by atoms with Gasteiger partial charge in [0.05, 0.1) is 18.1 Å². The molecule has 0 saturated carbocycles. The fraction of sp³-hybridized carbons (Fsp3) is 0.578. The number of carbonyl (C=O) groups excluding carboxylic acids is 6. The number of phenols is 2. The van der Waals surface area contributed by atoms with Crippen LogP contribution in [-0.2, 0) is 40.0 Å². The zero-order valence-electron chi connectivity index (χ0n) is 38.1. The molecule has 2 aromatic rings. The van der Waals surface area contributed by atoms with Gasteiger partial charge in [-0.05, 0) is 55.5 Å². The zero-order chi connectivity index (χ0) is 48.5. The minimum absolute atomic E-state index is 0.00206. The predicted molar refractivity (Wildman–Crippen MR) is 238 cm³/mol. The van der Waals surface area contributed by atoms with Crippen LogP contribution in [0.5, 0.6) is 11.5 Å². The van der Waals surface area contributed by atoms with Crippen molar-refractivity contribution >= 4 is 47.1 Å². The number of likely N-dealkylation sites (N-methyl/N-ethyl adjacent to an activating group) is 2. The summed E-state index contributed by atoms with van der Waals surface area (Å²) in [7, 11) is 2.59. The first kappa shape index (κ1) is 53.0. The number of nitro benzene ring substituents is 1. The summed E-state index contributed by atoms with van der Waals surface area (Å²) in [6, 6.07) is -1.52. The molecule has 6 amide bonds. The third-order valence-electron chi connectivity index (χ3n) is 11.8. The molecule has 0 aromatic heterocycles. The summed E-state index contributed by atoms with van der Waals surface area (Å²) in [4.78, 5) is 105. The molecule has 2 aromatic carbocycles. The molecule has 20 heteroatoms. The van der Waals surface area contributed by atoms with Crippen LogP contribution in [0.4, 0.5) is 5.69 Å². The van der Waals surface area contributed by atoms with Gasteiger partial charge in [0, 0.05) is 44.1 Å². The molecule has 0 spiro atoms. The molecule has 6 atom stereocenters. The maximum absolute atomic E-state index is 13.9. The second-order valence-electron chi connectivity index (χ2n) is 16.8. The Morgan fingerprint density at radius 2 is 1.51 bits per heavy atom. The van der Waals surface area contributed by atoms with Gasteiger partial charge in [-0.15, -0.1) is 0 Å². The Hall–Kier alpha value is -6.31. The fourth-order valence-corrected chi connectivity index (χ4v) is 7.45. The van der Waals surface area contributed by atoms with Crippen LogP contribution in [0, 0.1) is 16.0 Å². The van der Waals surface area contributed by atoms with Gasteiger partial charge in [0.15, 0.2) is 0 Å². The summed E-state index contributed by atoms with van der Waals surface area (Å²) in [5.74, 6) is -6.92. The molecule has 0 saturated heterocycles. The smallest absolute Gasteiger partial charge is 0.326 e. The van der Waals surface area contributed by atoms with E-state index in [1.54, 1.807) is 0 Å². The molecule has 0 radical (unpaired) electrons. The molecule has 4 bridgehead atoms. The molecule has 0 fully saturated rings. The van der Waals surface area contributed by atoms with E-state index < -0.39 is 107 Å². The summed E-state index contributed by atoms with van der Waals surface area (Å²) >= 11 is 0. The normalized spacial score (nSPS) is 17.6. The number of carboxylic acid groups (broad SMARTS) is 1. The Morgan fingerprint density at radius 3 is 2.11 bits per heavy atom. The number of nitro groups is 1.